The number of amides is 1. The summed E-state index contributed by atoms with van der Waals surface area (Å²) >= 11 is 6.00. The Morgan fingerprint density at radius 2 is 1.83 bits per heavy atom. The fraction of sp³-hybridized carbons (Fsp3) is 0.350. The van der Waals surface area contributed by atoms with Crippen molar-refractivity contribution in [3.63, 3.8) is 0 Å². The standard InChI is InChI=1S/C20H23ClN2O5S/c1-3-28-18-9-7-15(13-19(18)29(25,26)23-10-4-5-11-23)22-20(24)16-12-14(21)6-8-17(16)27-2/h6-9,12-13H,3-5,10-11H2,1-2H3,(H,22,24). The van der Waals surface area contributed by atoms with E-state index in [0.717, 1.165) is 12.8 Å². The molecule has 1 amide bonds. The van der Waals surface area contributed by atoms with Gasteiger partial charge in [-0.1, -0.05) is 11.6 Å². The van der Waals surface area contributed by atoms with E-state index in [0.29, 0.717) is 36.2 Å². The largest absolute Gasteiger partial charge is 0.496 e. The normalized spacial score (nSPS) is 14.6. The van der Waals surface area contributed by atoms with Crippen LogP contribution in [-0.4, -0.2) is 45.4 Å². The molecule has 0 aromatic heterocycles. The highest BCUT2D eigenvalue weighted by molar-refractivity contribution is 7.89. The number of carbonyl (C=O) groups is 1. The van der Waals surface area contributed by atoms with Crippen molar-refractivity contribution in [1.29, 1.82) is 0 Å². The Balaban J connectivity index is 1.95. The lowest BCUT2D eigenvalue weighted by atomic mass is 10.2. The first kappa shape index (κ1) is 21.4. The zero-order valence-electron chi connectivity index (χ0n) is 16.3. The number of hydrogen-bond donors (Lipinski definition) is 1. The Hall–Kier alpha value is -2.29. The minimum absolute atomic E-state index is 0.0390. The fourth-order valence-electron chi connectivity index (χ4n) is 3.19. The van der Waals surface area contributed by atoms with Gasteiger partial charge in [0.15, 0.2) is 0 Å². The molecule has 1 N–H and O–H groups in total. The first-order valence-corrected chi connectivity index (χ1v) is 11.1. The van der Waals surface area contributed by atoms with Gasteiger partial charge in [0.1, 0.15) is 16.4 Å². The van der Waals surface area contributed by atoms with Crippen molar-refractivity contribution in [3.05, 3.63) is 47.0 Å². The average Bonchev–Trinajstić information content (AvgIpc) is 3.25. The number of halogens is 1. The van der Waals surface area contributed by atoms with E-state index in [9.17, 15) is 13.2 Å². The summed E-state index contributed by atoms with van der Waals surface area (Å²) in [6, 6.07) is 9.29. The zero-order chi connectivity index (χ0) is 21.0. The van der Waals surface area contributed by atoms with E-state index >= 15 is 0 Å². The molecule has 1 saturated heterocycles. The van der Waals surface area contributed by atoms with Gasteiger partial charge in [0.05, 0.1) is 19.3 Å². The fourth-order valence-corrected chi connectivity index (χ4v) is 5.03. The van der Waals surface area contributed by atoms with Crippen molar-refractivity contribution in [1.82, 2.24) is 4.31 Å². The van der Waals surface area contributed by atoms with Crippen LogP contribution in [0, 0.1) is 0 Å². The summed E-state index contributed by atoms with van der Waals surface area (Å²) in [7, 11) is -2.27. The van der Waals surface area contributed by atoms with Gasteiger partial charge in [0.25, 0.3) is 5.91 Å². The Bertz CT molecular complexity index is 1000. The Morgan fingerprint density at radius 3 is 2.48 bits per heavy atom. The maximum absolute atomic E-state index is 13.1. The predicted octanol–water partition coefficient (Wildman–Crippen LogP) is 3.78. The molecule has 0 bridgehead atoms. The van der Waals surface area contributed by atoms with Crippen molar-refractivity contribution >= 4 is 33.2 Å². The molecule has 0 spiro atoms. The van der Waals surface area contributed by atoms with Crippen LogP contribution in [0.3, 0.4) is 0 Å². The second-order valence-electron chi connectivity index (χ2n) is 6.50. The number of nitrogens with zero attached hydrogens (tertiary/aromatic N) is 1. The number of rotatable bonds is 7. The summed E-state index contributed by atoms with van der Waals surface area (Å²) in [5.74, 6) is 0.165. The number of benzene rings is 2. The van der Waals surface area contributed by atoms with Crippen molar-refractivity contribution < 1.29 is 22.7 Å². The molecule has 9 heteroatoms. The molecule has 0 atom stereocenters. The summed E-state index contributed by atoms with van der Waals surface area (Å²) in [6.07, 6.45) is 1.66. The van der Waals surface area contributed by atoms with Gasteiger partial charge in [-0.25, -0.2) is 8.42 Å². The van der Waals surface area contributed by atoms with Crippen molar-refractivity contribution in [2.45, 2.75) is 24.7 Å². The van der Waals surface area contributed by atoms with Crippen LogP contribution >= 0.6 is 11.6 Å². The summed E-state index contributed by atoms with van der Waals surface area (Å²) in [6.45, 7) is 3.07. The molecule has 7 nitrogen and oxygen atoms in total. The third-order valence-corrected chi connectivity index (χ3v) is 6.75. The quantitative estimate of drug-likeness (QED) is 0.711. The third-order valence-electron chi connectivity index (χ3n) is 4.59. The molecule has 0 saturated carbocycles. The lowest BCUT2D eigenvalue weighted by Gasteiger charge is -2.19. The van der Waals surface area contributed by atoms with E-state index in [1.165, 1.54) is 23.5 Å². The van der Waals surface area contributed by atoms with Gasteiger partial charge in [0, 0.05) is 23.8 Å². The molecular formula is C20H23ClN2O5S. The van der Waals surface area contributed by atoms with Gasteiger partial charge in [0.2, 0.25) is 10.0 Å². The third kappa shape index (κ3) is 4.66. The van der Waals surface area contributed by atoms with E-state index in [4.69, 9.17) is 21.1 Å². The maximum atomic E-state index is 13.1. The predicted molar refractivity (Wildman–Crippen MR) is 112 cm³/mol. The van der Waals surface area contributed by atoms with Gasteiger partial charge in [-0.15, -0.1) is 0 Å². The van der Waals surface area contributed by atoms with Gasteiger partial charge in [-0.3, -0.25) is 4.79 Å². The topological polar surface area (TPSA) is 84.9 Å². The first-order valence-electron chi connectivity index (χ1n) is 9.28. The summed E-state index contributed by atoms with van der Waals surface area (Å²) in [5, 5.41) is 3.11. The molecule has 1 fully saturated rings. The smallest absolute Gasteiger partial charge is 0.259 e. The van der Waals surface area contributed by atoms with Gasteiger partial charge < -0.3 is 14.8 Å². The molecule has 0 radical (unpaired) electrons. The van der Waals surface area contributed by atoms with E-state index in [-0.39, 0.29) is 16.2 Å². The molecule has 1 aliphatic heterocycles. The van der Waals surface area contributed by atoms with Crippen LogP contribution in [0.25, 0.3) is 0 Å². The number of ether oxygens (including phenoxy) is 2. The Labute approximate surface area is 175 Å². The van der Waals surface area contributed by atoms with Crippen LogP contribution in [0.4, 0.5) is 5.69 Å². The van der Waals surface area contributed by atoms with Crippen LogP contribution in [0.15, 0.2) is 41.3 Å². The lowest BCUT2D eigenvalue weighted by molar-refractivity contribution is 0.102. The molecule has 156 valence electrons. The molecule has 1 aliphatic rings. The Morgan fingerprint density at radius 1 is 1.14 bits per heavy atom. The van der Waals surface area contributed by atoms with Crippen LogP contribution in [0.5, 0.6) is 11.5 Å². The highest BCUT2D eigenvalue weighted by Crippen LogP contribution is 2.32. The second-order valence-corrected chi connectivity index (χ2v) is 8.85. The van der Waals surface area contributed by atoms with Crippen LogP contribution in [-0.2, 0) is 10.0 Å². The molecular weight excluding hydrogens is 416 g/mol. The highest BCUT2D eigenvalue weighted by atomic mass is 35.5. The summed E-state index contributed by atoms with van der Waals surface area (Å²) < 4.78 is 38.3. The molecule has 29 heavy (non-hydrogen) atoms. The Kier molecular flexibility index (Phi) is 6.66. The molecule has 2 aromatic rings. The van der Waals surface area contributed by atoms with Crippen molar-refractivity contribution in [2.75, 3.05) is 32.1 Å². The number of nitrogens with one attached hydrogen (secondary N) is 1. The molecule has 0 unspecified atom stereocenters. The second kappa shape index (κ2) is 9.02. The highest BCUT2D eigenvalue weighted by Gasteiger charge is 2.30. The summed E-state index contributed by atoms with van der Waals surface area (Å²) in [4.78, 5) is 12.8. The van der Waals surface area contributed by atoms with E-state index in [1.54, 1.807) is 31.2 Å². The number of methoxy groups -OCH3 is 1. The number of sulfonamides is 1. The minimum Gasteiger partial charge on any atom is -0.496 e. The van der Waals surface area contributed by atoms with Crippen LogP contribution in [0.2, 0.25) is 5.02 Å². The monoisotopic (exact) mass is 438 g/mol. The molecule has 3 rings (SSSR count). The zero-order valence-corrected chi connectivity index (χ0v) is 17.8. The van der Waals surface area contributed by atoms with E-state index in [2.05, 4.69) is 5.32 Å². The van der Waals surface area contributed by atoms with Gasteiger partial charge >= 0.3 is 0 Å². The van der Waals surface area contributed by atoms with Gasteiger partial charge in [-0.05, 0) is 56.2 Å². The number of carbonyl (C=O) groups excluding carboxylic acids is 1. The SMILES string of the molecule is CCOc1ccc(NC(=O)c2cc(Cl)ccc2OC)cc1S(=O)(=O)N1CCCC1. The van der Waals surface area contributed by atoms with Crippen LogP contribution < -0.4 is 14.8 Å². The number of anilines is 1. The van der Waals surface area contributed by atoms with Crippen LogP contribution in [0.1, 0.15) is 30.1 Å². The average molecular weight is 439 g/mol. The number of hydrogen-bond acceptors (Lipinski definition) is 5. The van der Waals surface area contributed by atoms with E-state index in [1.807, 2.05) is 0 Å². The molecule has 0 aliphatic carbocycles. The van der Waals surface area contributed by atoms with Gasteiger partial charge in [-0.2, -0.15) is 4.31 Å². The summed E-state index contributed by atoms with van der Waals surface area (Å²) in [5.41, 5.74) is 0.580. The minimum atomic E-state index is -3.72. The molecule has 1 heterocycles. The lowest BCUT2D eigenvalue weighted by Crippen LogP contribution is -2.28. The first-order chi connectivity index (χ1) is 13.9. The van der Waals surface area contributed by atoms with Crippen molar-refractivity contribution in [2.24, 2.45) is 0 Å². The molecule has 2 aromatic carbocycles. The maximum Gasteiger partial charge on any atom is 0.259 e. The van der Waals surface area contributed by atoms with E-state index < -0.39 is 15.9 Å². The van der Waals surface area contributed by atoms with Crippen molar-refractivity contribution in [3.8, 4) is 11.5 Å².